The molecule has 0 saturated heterocycles. The monoisotopic (exact) mass is 418 g/mol. The van der Waals surface area contributed by atoms with Gasteiger partial charge in [0.1, 0.15) is 0 Å². The number of thioether (sulfide) groups is 1. The zero-order valence-corrected chi connectivity index (χ0v) is 17.3. The van der Waals surface area contributed by atoms with Gasteiger partial charge in [-0.25, -0.2) is 8.42 Å². The number of nitrogens with zero attached hydrogens (tertiary/aromatic N) is 1. The molecule has 0 saturated carbocycles. The molecule has 0 aliphatic carbocycles. The van der Waals surface area contributed by atoms with Crippen molar-refractivity contribution in [1.82, 2.24) is 0 Å². The molecule has 0 radical (unpaired) electrons. The molecule has 6 nitrogen and oxygen atoms in total. The molecule has 2 aromatic carbocycles. The highest BCUT2D eigenvalue weighted by atomic mass is 32.2. The van der Waals surface area contributed by atoms with Crippen molar-refractivity contribution in [3.63, 3.8) is 0 Å². The highest BCUT2D eigenvalue weighted by molar-refractivity contribution is 8.01. The van der Waals surface area contributed by atoms with Crippen molar-refractivity contribution < 1.29 is 18.0 Å². The summed E-state index contributed by atoms with van der Waals surface area (Å²) in [5.74, 6) is -0.678. The van der Waals surface area contributed by atoms with E-state index in [9.17, 15) is 18.0 Å². The Balaban J connectivity index is 1.73. The quantitative estimate of drug-likeness (QED) is 0.778. The smallest absolute Gasteiger partial charge is 0.237 e. The number of amides is 2. The van der Waals surface area contributed by atoms with Crippen LogP contribution in [-0.4, -0.2) is 37.8 Å². The Bertz CT molecular complexity index is 991. The Morgan fingerprint density at radius 1 is 1.18 bits per heavy atom. The predicted octanol–water partition coefficient (Wildman–Crippen LogP) is 3.34. The third-order valence-corrected chi connectivity index (χ3v) is 7.40. The van der Waals surface area contributed by atoms with Crippen LogP contribution in [0.5, 0.6) is 0 Å². The summed E-state index contributed by atoms with van der Waals surface area (Å²) in [6.07, 6.45) is -0.111. The van der Waals surface area contributed by atoms with Crippen LogP contribution >= 0.6 is 11.8 Å². The van der Waals surface area contributed by atoms with Crippen LogP contribution in [0.4, 0.5) is 11.4 Å². The van der Waals surface area contributed by atoms with E-state index in [1.54, 1.807) is 17.9 Å². The minimum absolute atomic E-state index is 0.109. The van der Waals surface area contributed by atoms with E-state index in [4.69, 9.17) is 0 Å². The fourth-order valence-corrected chi connectivity index (χ4v) is 5.15. The summed E-state index contributed by atoms with van der Waals surface area (Å²) in [5, 5.41) is 2.52. The first-order valence-electron chi connectivity index (χ1n) is 9.01. The molecular weight excluding hydrogens is 396 g/mol. The topological polar surface area (TPSA) is 83.6 Å². The minimum Gasteiger partial charge on any atom is -0.324 e. The Kier molecular flexibility index (Phi) is 6.10. The number of rotatable bonds is 6. The Hall–Kier alpha value is -2.32. The SMILES string of the molecule is CCN(C(=O)CCS(=O)(=O)c1ccc2c(c1)NC(=O)[C@H](C)S2)c1ccccc1. The van der Waals surface area contributed by atoms with Crippen LogP contribution in [0.1, 0.15) is 20.3 Å². The third-order valence-electron chi connectivity index (χ3n) is 4.51. The lowest BCUT2D eigenvalue weighted by atomic mass is 10.2. The van der Waals surface area contributed by atoms with Crippen molar-refractivity contribution >= 4 is 44.8 Å². The van der Waals surface area contributed by atoms with Crippen LogP contribution in [0.3, 0.4) is 0 Å². The number of para-hydroxylation sites is 1. The van der Waals surface area contributed by atoms with Gasteiger partial charge in [-0.05, 0) is 44.2 Å². The van der Waals surface area contributed by atoms with Crippen molar-refractivity contribution in [1.29, 1.82) is 0 Å². The maximum absolute atomic E-state index is 12.7. The molecule has 0 aromatic heterocycles. The summed E-state index contributed by atoms with van der Waals surface area (Å²) < 4.78 is 25.5. The standard InChI is InChI=1S/C20H22N2O4S2/c1-3-22(15-7-5-4-6-8-15)19(23)11-12-28(25,26)16-9-10-18-17(13-16)21-20(24)14(2)27-18/h4-10,13-14H,3,11-12H2,1-2H3,(H,21,24)/t14-/m0/s1. The van der Waals surface area contributed by atoms with E-state index in [1.807, 2.05) is 37.3 Å². The van der Waals surface area contributed by atoms with Gasteiger partial charge in [-0.1, -0.05) is 18.2 Å². The van der Waals surface area contributed by atoms with Gasteiger partial charge in [-0.15, -0.1) is 11.8 Å². The van der Waals surface area contributed by atoms with Crippen molar-refractivity contribution in [2.24, 2.45) is 0 Å². The highest BCUT2D eigenvalue weighted by Gasteiger charge is 2.26. The summed E-state index contributed by atoms with van der Waals surface area (Å²) in [7, 11) is -3.65. The van der Waals surface area contributed by atoms with Crippen molar-refractivity contribution in [3.05, 3.63) is 48.5 Å². The molecule has 1 atom stereocenters. The molecule has 1 aliphatic heterocycles. The van der Waals surface area contributed by atoms with Gasteiger partial charge in [0, 0.05) is 23.5 Å². The maximum atomic E-state index is 12.7. The number of carbonyl (C=O) groups excluding carboxylic acids is 2. The molecule has 1 N–H and O–H groups in total. The second kappa shape index (κ2) is 8.36. The first-order chi connectivity index (χ1) is 13.3. The molecule has 1 aliphatic rings. The molecule has 1 heterocycles. The van der Waals surface area contributed by atoms with E-state index in [0.29, 0.717) is 12.2 Å². The second-order valence-corrected chi connectivity index (χ2v) is 9.94. The van der Waals surface area contributed by atoms with Gasteiger partial charge >= 0.3 is 0 Å². The first kappa shape index (κ1) is 20.4. The molecule has 0 bridgehead atoms. The molecule has 0 spiro atoms. The highest BCUT2D eigenvalue weighted by Crippen LogP contribution is 2.36. The Morgan fingerprint density at radius 3 is 2.57 bits per heavy atom. The summed E-state index contributed by atoms with van der Waals surface area (Å²) in [4.78, 5) is 26.9. The van der Waals surface area contributed by atoms with Crippen LogP contribution < -0.4 is 10.2 Å². The van der Waals surface area contributed by atoms with Crippen LogP contribution in [0.25, 0.3) is 0 Å². The average molecular weight is 419 g/mol. The van der Waals surface area contributed by atoms with Crippen LogP contribution in [-0.2, 0) is 19.4 Å². The van der Waals surface area contributed by atoms with Crippen molar-refractivity contribution in [2.75, 3.05) is 22.5 Å². The molecule has 148 valence electrons. The molecule has 3 rings (SSSR count). The Morgan fingerprint density at radius 2 is 1.89 bits per heavy atom. The molecule has 2 aromatic rings. The van der Waals surface area contributed by atoms with Gasteiger partial charge in [-0.3, -0.25) is 9.59 Å². The van der Waals surface area contributed by atoms with E-state index in [0.717, 1.165) is 10.6 Å². The molecule has 28 heavy (non-hydrogen) atoms. The van der Waals surface area contributed by atoms with Gasteiger partial charge in [0.05, 0.1) is 21.6 Å². The number of sulfone groups is 1. The van der Waals surface area contributed by atoms with Crippen molar-refractivity contribution in [2.45, 2.75) is 35.3 Å². The van der Waals surface area contributed by atoms with Gasteiger partial charge in [0.15, 0.2) is 9.84 Å². The average Bonchev–Trinajstić information content (AvgIpc) is 2.68. The predicted molar refractivity (Wildman–Crippen MR) is 112 cm³/mol. The molecule has 0 unspecified atom stereocenters. The van der Waals surface area contributed by atoms with Crippen LogP contribution in [0.2, 0.25) is 0 Å². The maximum Gasteiger partial charge on any atom is 0.237 e. The fourth-order valence-electron chi connectivity index (χ4n) is 2.97. The second-order valence-electron chi connectivity index (χ2n) is 6.45. The summed E-state index contributed by atoms with van der Waals surface area (Å²) >= 11 is 1.39. The van der Waals surface area contributed by atoms with E-state index < -0.39 is 9.84 Å². The first-order valence-corrected chi connectivity index (χ1v) is 11.5. The number of nitrogens with one attached hydrogen (secondary N) is 1. The van der Waals surface area contributed by atoms with E-state index >= 15 is 0 Å². The van der Waals surface area contributed by atoms with Gasteiger partial charge in [-0.2, -0.15) is 0 Å². The zero-order chi connectivity index (χ0) is 20.3. The van der Waals surface area contributed by atoms with Crippen molar-refractivity contribution in [3.8, 4) is 0 Å². The van der Waals surface area contributed by atoms with Crippen LogP contribution in [0.15, 0.2) is 58.3 Å². The number of carbonyl (C=O) groups is 2. The Labute approximate surface area is 169 Å². The fraction of sp³-hybridized carbons (Fsp3) is 0.300. The largest absolute Gasteiger partial charge is 0.324 e. The lowest BCUT2D eigenvalue weighted by Gasteiger charge is -2.22. The number of anilines is 2. The minimum atomic E-state index is -3.65. The molecule has 2 amide bonds. The summed E-state index contributed by atoms with van der Waals surface area (Å²) in [6, 6.07) is 13.9. The van der Waals surface area contributed by atoms with E-state index in [1.165, 1.54) is 23.9 Å². The summed E-state index contributed by atoms with van der Waals surface area (Å²) in [6.45, 7) is 4.11. The normalized spacial score (nSPS) is 16.2. The third kappa shape index (κ3) is 4.39. The van der Waals surface area contributed by atoms with Gasteiger partial charge in [0.2, 0.25) is 11.8 Å². The van der Waals surface area contributed by atoms with E-state index in [-0.39, 0.29) is 34.1 Å². The zero-order valence-electron chi connectivity index (χ0n) is 15.7. The number of hydrogen-bond acceptors (Lipinski definition) is 5. The molecule has 8 heteroatoms. The number of fused-ring (bicyclic) bond motifs is 1. The van der Waals surface area contributed by atoms with Gasteiger partial charge < -0.3 is 10.2 Å². The van der Waals surface area contributed by atoms with Crippen LogP contribution in [0, 0.1) is 0 Å². The number of benzene rings is 2. The lowest BCUT2D eigenvalue weighted by Crippen LogP contribution is -2.32. The molecular formula is C20H22N2O4S2. The summed E-state index contributed by atoms with van der Waals surface area (Å²) in [5.41, 5.74) is 1.25. The number of hydrogen-bond donors (Lipinski definition) is 1. The van der Waals surface area contributed by atoms with Gasteiger partial charge in [0.25, 0.3) is 0 Å². The lowest BCUT2D eigenvalue weighted by molar-refractivity contribution is -0.118. The van der Waals surface area contributed by atoms with E-state index in [2.05, 4.69) is 5.32 Å². The molecule has 0 fully saturated rings.